The topological polar surface area (TPSA) is 60.0 Å². The van der Waals surface area contributed by atoms with Crippen molar-refractivity contribution in [3.63, 3.8) is 0 Å². The minimum atomic E-state index is -0.185. The molecule has 1 aliphatic rings. The second-order valence-electron chi connectivity index (χ2n) is 8.74. The van der Waals surface area contributed by atoms with Crippen LogP contribution in [-0.2, 0) is 6.42 Å². The summed E-state index contributed by atoms with van der Waals surface area (Å²) in [6.45, 7) is 9.18. The predicted octanol–water partition coefficient (Wildman–Crippen LogP) is 5.15. The van der Waals surface area contributed by atoms with Crippen LogP contribution in [0.1, 0.15) is 50.3 Å². The standard InChI is InChI=1S/C23H28ClN5/c1-15-14-28(19-8-6-18(24)7-9-19)21-13-17(11-12-23(3,4)25)5-10-20(21)29-16(2)26-27-22(15)29/h5-10,13,15H,11-12,14,25H2,1-4H3. The van der Waals surface area contributed by atoms with Crippen molar-refractivity contribution in [1.82, 2.24) is 14.8 Å². The quantitative estimate of drug-likeness (QED) is 0.646. The van der Waals surface area contributed by atoms with Gasteiger partial charge in [0.2, 0.25) is 0 Å². The first-order valence-corrected chi connectivity index (χ1v) is 10.5. The third-order valence-electron chi connectivity index (χ3n) is 5.51. The average molecular weight is 410 g/mol. The van der Waals surface area contributed by atoms with Crippen LogP contribution in [0.2, 0.25) is 5.02 Å². The highest BCUT2D eigenvalue weighted by molar-refractivity contribution is 6.30. The molecule has 0 spiro atoms. The first kappa shape index (κ1) is 19.9. The van der Waals surface area contributed by atoms with Gasteiger partial charge in [-0.2, -0.15) is 0 Å². The van der Waals surface area contributed by atoms with E-state index in [0.29, 0.717) is 0 Å². The fourth-order valence-electron chi connectivity index (χ4n) is 3.91. The van der Waals surface area contributed by atoms with Crippen molar-refractivity contribution in [2.24, 2.45) is 5.73 Å². The smallest absolute Gasteiger partial charge is 0.142 e. The van der Waals surface area contributed by atoms with Crippen LogP contribution < -0.4 is 10.6 Å². The summed E-state index contributed by atoms with van der Waals surface area (Å²) in [7, 11) is 0. The van der Waals surface area contributed by atoms with E-state index in [1.165, 1.54) is 5.56 Å². The Bertz CT molecular complexity index is 1020. The largest absolute Gasteiger partial charge is 0.339 e. The molecule has 3 aromatic rings. The molecule has 0 amide bonds. The minimum absolute atomic E-state index is 0.185. The van der Waals surface area contributed by atoms with E-state index in [1.807, 2.05) is 19.1 Å². The van der Waals surface area contributed by atoms with E-state index in [2.05, 4.69) is 70.8 Å². The van der Waals surface area contributed by atoms with Gasteiger partial charge in [-0.25, -0.2) is 0 Å². The van der Waals surface area contributed by atoms with Crippen molar-refractivity contribution in [1.29, 1.82) is 0 Å². The molecule has 2 aromatic carbocycles. The lowest BCUT2D eigenvalue weighted by Crippen LogP contribution is -2.32. The van der Waals surface area contributed by atoms with Crippen molar-refractivity contribution in [2.75, 3.05) is 11.4 Å². The van der Waals surface area contributed by atoms with Crippen molar-refractivity contribution in [3.8, 4) is 5.69 Å². The molecular weight excluding hydrogens is 382 g/mol. The molecule has 1 aromatic heterocycles. The van der Waals surface area contributed by atoms with Gasteiger partial charge < -0.3 is 10.6 Å². The minimum Gasteiger partial charge on any atom is -0.339 e. The van der Waals surface area contributed by atoms with E-state index in [4.69, 9.17) is 17.3 Å². The Morgan fingerprint density at radius 1 is 1.10 bits per heavy atom. The van der Waals surface area contributed by atoms with Gasteiger partial charge in [-0.3, -0.25) is 4.57 Å². The number of anilines is 2. The number of benzene rings is 2. The van der Waals surface area contributed by atoms with E-state index in [9.17, 15) is 0 Å². The number of nitrogens with two attached hydrogens (primary N) is 1. The van der Waals surface area contributed by atoms with Gasteiger partial charge >= 0.3 is 0 Å². The van der Waals surface area contributed by atoms with Gasteiger partial charge in [-0.1, -0.05) is 24.6 Å². The Kier molecular flexibility index (Phi) is 5.13. The summed E-state index contributed by atoms with van der Waals surface area (Å²) in [5, 5.41) is 9.57. The highest BCUT2D eigenvalue weighted by atomic mass is 35.5. The van der Waals surface area contributed by atoms with Gasteiger partial charge in [-0.15, -0.1) is 10.2 Å². The molecule has 29 heavy (non-hydrogen) atoms. The summed E-state index contributed by atoms with van der Waals surface area (Å²) >= 11 is 6.14. The van der Waals surface area contributed by atoms with E-state index in [-0.39, 0.29) is 11.5 Å². The summed E-state index contributed by atoms with van der Waals surface area (Å²) in [4.78, 5) is 2.36. The Balaban J connectivity index is 1.85. The summed E-state index contributed by atoms with van der Waals surface area (Å²) in [5.41, 5.74) is 10.7. The van der Waals surface area contributed by atoms with E-state index < -0.39 is 0 Å². The molecule has 6 heteroatoms. The highest BCUT2D eigenvalue weighted by Crippen LogP contribution is 2.39. The molecule has 0 saturated heterocycles. The van der Waals surface area contributed by atoms with E-state index >= 15 is 0 Å². The van der Waals surface area contributed by atoms with Gasteiger partial charge in [-0.05, 0) is 75.6 Å². The molecule has 0 aliphatic carbocycles. The SMILES string of the molecule is Cc1nnc2n1-c1ccc(CCC(C)(C)N)cc1N(c1ccc(Cl)cc1)CC2C. The van der Waals surface area contributed by atoms with Gasteiger partial charge in [0, 0.05) is 28.7 Å². The summed E-state index contributed by atoms with van der Waals surface area (Å²) in [5.74, 6) is 2.13. The second-order valence-corrected chi connectivity index (χ2v) is 9.18. The maximum absolute atomic E-state index is 6.22. The number of hydrogen-bond acceptors (Lipinski definition) is 4. The summed E-state index contributed by atoms with van der Waals surface area (Å²) in [6, 6.07) is 14.7. The normalized spacial score (nSPS) is 16.3. The summed E-state index contributed by atoms with van der Waals surface area (Å²) < 4.78 is 2.19. The zero-order chi connectivity index (χ0) is 20.8. The van der Waals surface area contributed by atoms with Crippen LogP contribution in [0, 0.1) is 6.92 Å². The van der Waals surface area contributed by atoms with Gasteiger partial charge in [0.15, 0.2) is 0 Å². The Labute approximate surface area is 177 Å². The van der Waals surface area contributed by atoms with Crippen LogP contribution in [0.25, 0.3) is 5.69 Å². The number of hydrogen-bond donors (Lipinski definition) is 1. The van der Waals surface area contributed by atoms with Gasteiger partial charge in [0.05, 0.1) is 11.4 Å². The molecule has 1 unspecified atom stereocenters. The summed E-state index contributed by atoms with van der Waals surface area (Å²) in [6.07, 6.45) is 1.87. The number of halogens is 1. The number of nitrogens with zero attached hydrogens (tertiary/aromatic N) is 4. The fraction of sp³-hybridized carbons (Fsp3) is 0.391. The van der Waals surface area contributed by atoms with Crippen LogP contribution in [0.3, 0.4) is 0 Å². The average Bonchev–Trinajstić information content (AvgIpc) is 3.00. The van der Waals surface area contributed by atoms with Crippen LogP contribution >= 0.6 is 11.6 Å². The Morgan fingerprint density at radius 3 is 2.52 bits per heavy atom. The molecule has 0 fully saturated rings. The van der Waals surface area contributed by atoms with Gasteiger partial charge in [0.25, 0.3) is 0 Å². The molecule has 0 radical (unpaired) electrons. The fourth-order valence-corrected chi connectivity index (χ4v) is 4.04. The molecule has 0 saturated carbocycles. The highest BCUT2D eigenvalue weighted by Gasteiger charge is 2.28. The number of aryl methyl sites for hydroxylation is 2. The van der Waals surface area contributed by atoms with Crippen LogP contribution in [-0.4, -0.2) is 26.8 Å². The molecule has 152 valence electrons. The Morgan fingerprint density at radius 2 is 1.83 bits per heavy atom. The molecule has 1 atom stereocenters. The third-order valence-corrected chi connectivity index (χ3v) is 5.77. The number of aromatic nitrogens is 3. The maximum Gasteiger partial charge on any atom is 0.142 e. The predicted molar refractivity (Wildman–Crippen MR) is 120 cm³/mol. The monoisotopic (exact) mass is 409 g/mol. The first-order chi connectivity index (χ1) is 13.7. The molecule has 2 N–H and O–H groups in total. The second kappa shape index (κ2) is 7.47. The van der Waals surface area contributed by atoms with Gasteiger partial charge in [0.1, 0.15) is 11.6 Å². The van der Waals surface area contributed by atoms with E-state index in [0.717, 1.165) is 53.1 Å². The third kappa shape index (κ3) is 4.02. The lowest BCUT2D eigenvalue weighted by Gasteiger charge is -2.27. The van der Waals surface area contributed by atoms with Crippen molar-refractivity contribution < 1.29 is 0 Å². The molecule has 5 nitrogen and oxygen atoms in total. The lowest BCUT2D eigenvalue weighted by molar-refractivity contribution is 0.477. The Hall–Kier alpha value is -2.37. The zero-order valence-corrected chi connectivity index (χ0v) is 18.2. The van der Waals surface area contributed by atoms with E-state index in [1.54, 1.807) is 0 Å². The molecule has 1 aliphatic heterocycles. The number of rotatable bonds is 4. The maximum atomic E-state index is 6.22. The van der Waals surface area contributed by atoms with Crippen molar-refractivity contribution in [2.45, 2.75) is 52.0 Å². The van der Waals surface area contributed by atoms with Crippen LogP contribution in [0.15, 0.2) is 42.5 Å². The molecule has 4 rings (SSSR count). The van der Waals surface area contributed by atoms with Crippen LogP contribution in [0.4, 0.5) is 11.4 Å². The van der Waals surface area contributed by atoms with Crippen LogP contribution in [0.5, 0.6) is 0 Å². The lowest BCUT2D eigenvalue weighted by atomic mass is 9.96. The molecule has 2 heterocycles. The molecule has 0 bridgehead atoms. The van der Waals surface area contributed by atoms with Crippen molar-refractivity contribution >= 4 is 23.0 Å². The zero-order valence-electron chi connectivity index (χ0n) is 17.5. The number of fused-ring (bicyclic) bond motifs is 3. The van der Waals surface area contributed by atoms with Crippen molar-refractivity contribution in [3.05, 3.63) is 64.7 Å². The molecular formula is C23H28ClN5. The first-order valence-electron chi connectivity index (χ1n) is 10.1.